The molecule has 0 spiro atoms. The average molecular weight is 531 g/mol. The number of para-hydroxylation sites is 1. The number of ether oxygens (including phenoxy) is 2. The predicted molar refractivity (Wildman–Crippen MR) is 132 cm³/mol. The molecule has 2 unspecified atom stereocenters. The number of nitrogens with two attached hydrogens (primary N) is 2. The van der Waals surface area contributed by atoms with Gasteiger partial charge in [0.25, 0.3) is 20.2 Å². The van der Waals surface area contributed by atoms with Crippen LogP contribution in [0.4, 0.5) is 0 Å². The summed E-state index contributed by atoms with van der Waals surface area (Å²) in [5.41, 5.74) is 12.4. The van der Waals surface area contributed by atoms with Crippen molar-refractivity contribution in [1.82, 2.24) is 0 Å². The van der Waals surface area contributed by atoms with Crippen LogP contribution in [0.2, 0.25) is 0 Å². The van der Waals surface area contributed by atoms with E-state index in [0.717, 1.165) is 0 Å². The molecule has 0 fully saturated rings. The van der Waals surface area contributed by atoms with Gasteiger partial charge in [-0.2, -0.15) is 16.8 Å². The first-order chi connectivity index (χ1) is 16.9. The van der Waals surface area contributed by atoms with Gasteiger partial charge in [0.15, 0.2) is 0 Å². The Hall–Kier alpha value is -3.52. The molecule has 0 aliphatic heterocycles. The van der Waals surface area contributed by atoms with Crippen molar-refractivity contribution in [3.05, 3.63) is 96.6 Å². The van der Waals surface area contributed by atoms with Gasteiger partial charge in [-0.1, -0.05) is 36.4 Å². The van der Waals surface area contributed by atoms with Crippen molar-refractivity contribution in [2.75, 3.05) is 0 Å². The van der Waals surface area contributed by atoms with Crippen molar-refractivity contribution in [2.24, 2.45) is 11.5 Å². The fraction of sp³-hybridized carbons (Fsp3) is 0.0833. The Morgan fingerprint density at radius 2 is 1.31 bits per heavy atom. The molecule has 0 bridgehead atoms. The third-order valence-electron chi connectivity index (χ3n) is 5.43. The quantitative estimate of drug-likeness (QED) is 0.262. The summed E-state index contributed by atoms with van der Waals surface area (Å²) >= 11 is 0. The lowest BCUT2D eigenvalue weighted by atomic mass is 9.85. The maximum atomic E-state index is 11.3. The molecular weight excluding hydrogens is 508 g/mol. The molecule has 4 rings (SSSR count). The smallest absolute Gasteiger partial charge is 0.294 e. The summed E-state index contributed by atoms with van der Waals surface area (Å²) in [6.07, 6.45) is 5.07. The normalized spacial score (nSPS) is 20.0. The zero-order valence-electron chi connectivity index (χ0n) is 18.6. The van der Waals surface area contributed by atoms with Crippen LogP contribution >= 0.6 is 0 Å². The number of benzene rings is 3. The first-order valence-electron chi connectivity index (χ1n) is 10.4. The maximum Gasteiger partial charge on any atom is 0.294 e. The lowest BCUT2D eigenvalue weighted by molar-refractivity contribution is 0.122. The van der Waals surface area contributed by atoms with Crippen LogP contribution in [0.15, 0.2) is 101 Å². The Balaban J connectivity index is 1.68. The van der Waals surface area contributed by atoms with Crippen molar-refractivity contribution < 1.29 is 35.4 Å². The summed E-state index contributed by atoms with van der Waals surface area (Å²) in [5, 5.41) is 0. The van der Waals surface area contributed by atoms with Crippen LogP contribution in [-0.2, 0) is 20.2 Å². The van der Waals surface area contributed by atoms with Crippen molar-refractivity contribution in [3.8, 4) is 17.2 Å². The highest BCUT2D eigenvalue weighted by atomic mass is 32.2. The first kappa shape index (κ1) is 25.6. The van der Waals surface area contributed by atoms with Crippen molar-refractivity contribution >= 4 is 25.8 Å². The van der Waals surface area contributed by atoms with Crippen molar-refractivity contribution in [3.63, 3.8) is 0 Å². The molecule has 0 heterocycles. The number of allylic oxidation sites excluding steroid dienone is 2. The summed E-state index contributed by atoms with van der Waals surface area (Å²) in [7, 11) is -8.72. The summed E-state index contributed by atoms with van der Waals surface area (Å²) in [6.45, 7) is 0. The second-order valence-electron chi connectivity index (χ2n) is 7.88. The SMILES string of the molecule is NC1C=CC=C(c2ccccc2Oc2ccc(S(=O)(=O)O)cc2)C1(N)Oc1ccc(S(=O)(=O)O)cc1. The van der Waals surface area contributed by atoms with Gasteiger partial charge in [0.2, 0.25) is 5.72 Å². The second kappa shape index (κ2) is 9.50. The molecule has 36 heavy (non-hydrogen) atoms. The molecule has 12 heteroatoms. The van der Waals surface area contributed by atoms with E-state index in [2.05, 4.69) is 0 Å². The summed E-state index contributed by atoms with van der Waals surface area (Å²) < 4.78 is 75.7. The van der Waals surface area contributed by atoms with Gasteiger partial charge in [-0.3, -0.25) is 14.8 Å². The van der Waals surface area contributed by atoms with E-state index in [9.17, 15) is 25.9 Å². The molecular formula is C24H22N2O8S2. The fourth-order valence-corrected chi connectivity index (χ4v) is 4.57. The van der Waals surface area contributed by atoms with E-state index in [4.69, 9.17) is 20.9 Å². The Kier molecular flexibility index (Phi) is 6.75. The van der Waals surface area contributed by atoms with E-state index >= 15 is 0 Å². The minimum absolute atomic E-state index is 0.209. The Morgan fingerprint density at radius 1 is 0.778 bits per heavy atom. The highest BCUT2D eigenvalue weighted by Gasteiger charge is 2.41. The first-order valence-corrected chi connectivity index (χ1v) is 13.3. The molecule has 2 atom stereocenters. The van der Waals surface area contributed by atoms with Crippen LogP contribution in [0.25, 0.3) is 5.57 Å². The molecule has 3 aromatic carbocycles. The van der Waals surface area contributed by atoms with E-state index in [1.165, 1.54) is 48.5 Å². The van der Waals surface area contributed by atoms with Gasteiger partial charge in [-0.25, -0.2) is 0 Å². The van der Waals surface area contributed by atoms with Crippen LogP contribution < -0.4 is 20.9 Å². The van der Waals surface area contributed by atoms with Crippen LogP contribution in [0.3, 0.4) is 0 Å². The van der Waals surface area contributed by atoms with E-state index in [-0.39, 0.29) is 15.5 Å². The van der Waals surface area contributed by atoms with Gasteiger partial charge in [0.05, 0.1) is 15.8 Å². The lowest BCUT2D eigenvalue weighted by Crippen LogP contribution is -2.60. The van der Waals surface area contributed by atoms with E-state index < -0.39 is 32.0 Å². The maximum absolute atomic E-state index is 11.3. The number of rotatable bonds is 7. The van der Waals surface area contributed by atoms with E-state index in [1.807, 2.05) is 0 Å². The molecule has 1 aliphatic carbocycles. The van der Waals surface area contributed by atoms with Crippen molar-refractivity contribution in [1.29, 1.82) is 0 Å². The summed E-state index contributed by atoms with van der Waals surface area (Å²) in [6, 6.07) is 16.4. The van der Waals surface area contributed by atoms with Gasteiger partial charge in [0, 0.05) is 11.1 Å². The monoisotopic (exact) mass is 530 g/mol. The Bertz CT molecular complexity index is 1550. The Morgan fingerprint density at radius 3 is 1.86 bits per heavy atom. The zero-order valence-corrected chi connectivity index (χ0v) is 20.2. The largest absolute Gasteiger partial charge is 0.467 e. The zero-order chi connectivity index (χ0) is 26.1. The molecule has 0 saturated heterocycles. The molecule has 188 valence electrons. The molecule has 0 amide bonds. The van der Waals surface area contributed by atoms with Crippen LogP contribution in [-0.4, -0.2) is 37.7 Å². The summed E-state index contributed by atoms with van der Waals surface area (Å²) in [5.74, 6) is 0.877. The third-order valence-corrected chi connectivity index (χ3v) is 7.17. The van der Waals surface area contributed by atoms with Crippen LogP contribution in [0.1, 0.15) is 5.56 Å². The molecule has 10 nitrogen and oxygen atoms in total. The fourth-order valence-electron chi connectivity index (χ4n) is 3.61. The highest BCUT2D eigenvalue weighted by molar-refractivity contribution is 7.86. The summed E-state index contributed by atoms with van der Waals surface area (Å²) in [4.78, 5) is -0.577. The average Bonchev–Trinajstić information content (AvgIpc) is 2.81. The van der Waals surface area contributed by atoms with Gasteiger partial charge >= 0.3 is 0 Å². The minimum Gasteiger partial charge on any atom is -0.467 e. The van der Waals surface area contributed by atoms with Gasteiger partial charge in [0.1, 0.15) is 17.2 Å². The highest BCUT2D eigenvalue weighted by Crippen LogP contribution is 2.39. The lowest BCUT2D eigenvalue weighted by Gasteiger charge is -2.38. The van der Waals surface area contributed by atoms with Gasteiger partial charge < -0.3 is 15.2 Å². The number of hydrogen-bond acceptors (Lipinski definition) is 8. The predicted octanol–water partition coefficient (Wildman–Crippen LogP) is 2.99. The van der Waals surface area contributed by atoms with Crippen molar-refractivity contribution in [2.45, 2.75) is 21.6 Å². The number of hydrogen-bond donors (Lipinski definition) is 4. The molecule has 0 aromatic heterocycles. The third kappa shape index (κ3) is 5.33. The molecule has 0 radical (unpaired) electrons. The van der Waals surface area contributed by atoms with Gasteiger partial charge in [-0.05, 0) is 54.6 Å². The van der Waals surface area contributed by atoms with E-state index in [0.29, 0.717) is 22.6 Å². The van der Waals surface area contributed by atoms with Crippen LogP contribution in [0.5, 0.6) is 17.2 Å². The van der Waals surface area contributed by atoms with Gasteiger partial charge in [-0.15, -0.1) is 0 Å². The second-order valence-corrected chi connectivity index (χ2v) is 10.7. The molecule has 3 aromatic rings. The Labute approximate surface area is 208 Å². The minimum atomic E-state index is -4.38. The molecule has 0 saturated carbocycles. The van der Waals surface area contributed by atoms with E-state index in [1.54, 1.807) is 42.5 Å². The molecule has 6 N–H and O–H groups in total. The standard InChI is InChI=1S/C24H22N2O8S2/c25-23-7-3-5-21(24(23,26)34-17-10-14-19(15-11-17)36(30,31)32)20-4-1-2-6-22(20)33-16-8-12-18(13-9-16)35(27,28)29/h1-15,23H,25-26H2,(H,27,28,29)(H,30,31,32). The molecule has 1 aliphatic rings. The topological polar surface area (TPSA) is 179 Å². The van der Waals surface area contributed by atoms with Crippen LogP contribution in [0, 0.1) is 0 Å².